The predicted molar refractivity (Wildman–Crippen MR) is 74.5 cm³/mol. The van der Waals surface area contributed by atoms with Gasteiger partial charge in [-0.2, -0.15) is 0 Å². The highest BCUT2D eigenvalue weighted by atomic mass is 16.3. The number of nitrogens with zero attached hydrogens (tertiary/aromatic N) is 2. The lowest BCUT2D eigenvalue weighted by molar-refractivity contribution is 0.114. The molecular weight excluding hydrogens is 228 g/mol. The summed E-state index contributed by atoms with van der Waals surface area (Å²) < 4.78 is 0. The molecule has 1 unspecified atom stereocenters. The van der Waals surface area contributed by atoms with E-state index in [1.807, 2.05) is 6.92 Å². The molecule has 1 heterocycles. The third-order valence-corrected chi connectivity index (χ3v) is 3.37. The van der Waals surface area contributed by atoms with Gasteiger partial charge in [-0.15, -0.1) is 0 Å². The van der Waals surface area contributed by atoms with Gasteiger partial charge >= 0.3 is 0 Å². The van der Waals surface area contributed by atoms with E-state index in [4.69, 9.17) is 5.73 Å². The highest BCUT2D eigenvalue weighted by Crippen LogP contribution is 2.18. The number of hydrogen-bond acceptors (Lipinski definition) is 5. The zero-order chi connectivity index (χ0) is 13.7. The van der Waals surface area contributed by atoms with Crippen LogP contribution in [0.15, 0.2) is 0 Å². The standard InChI is InChI=1S/C13H24N4O/c1-5-10(6-2)11(18)7-15-13-8(3)12(14)16-9(4)17-13/h10-11,18H,5-7H2,1-4H3,(H3,14,15,16,17). The van der Waals surface area contributed by atoms with Crippen LogP contribution < -0.4 is 11.1 Å². The first-order chi connectivity index (χ1) is 8.49. The van der Waals surface area contributed by atoms with Crippen LogP contribution in [0, 0.1) is 19.8 Å². The van der Waals surface area contributed by atoms with Crippen LogP contribution in [0.4, 0.5) is 11.6 Å². The minimum atomic E-state index is -0.365. The topological polar surface area (TPSA) is 84.1 Å². The van der Waals surface area contributed by atoms with Crippen LogP contribution in [0.1, 0.15) is 38.1 Å². The van der Waals surface area contributed by atoms with E-state index in [1.165, 1.54) is 0 Å². The van der Waals surface area contributed by atoms with E-state index in [1.54, 1.807) is 6.92 Å². The van der Waals surface area contributed by atoms with Crippen LogP contribution in [0.5, 0.6) is 0 Å². The van der Waals surface area contributed by atoms with E-state index >= 15 is 0 Å². The van der Waals surface area contributed by atoms with E-state index in [9.17, 15) is 5.11 Å². The first kappa shape index (κ1) is 14.7. The van der Waals surface area contributed by atoms with E-state index < -0.39 is 0 Å². The van der Waals surface area contributed by atoms with Crippen molar-refractivity contribution in [1.29, 1.82) is 0 Å². The van der Waals surface area contributed by atoms with Gasteiger partial charge in [-0.1, -0.05) is 26.7 Å². The summed E-state index contributed by atoms with van der Waals surface area (Å²) in [5.74, 6) is 2.16. The number of aromatic nitrogens is 2. The van der Waals surface area contributed by atoms with Gasteiger partial charge < -0.3 is 16.2 Å². The molecule has 102 valence electrons. The molecule has 5 heteroatoms. The van der Waals surface area contributed by atoms with Crippen LogP contribution >= 0.6 is 0 Å². The van der Waals surface area contributed by atoms with Gasteiger partial charge in [0.1, 0.15) is 17.5 Å². The van der Waals surface area contributed by atoms with Crippen molar-refractivity contribution < 1.29 is 5.11 Å². The van der Waals surface area contributed by atoms with Crippen molar-refractivity contribution in [3.05, 3.63) is 11.4 Å². The summed E-state index contributed by atoms with van der Waals surface area (Å²) >= 11 is 0. The smallest absolute Gasteiger partial charge is 0.134 e. The fourth-order valence-corrected chi connectivity index (χ4v) is 2.02. The second kappa shape index (κ2) is 6.54. The second-order valence-corrected chi connectivity index (χ2v) is 4.65. The minimum absolute atomic E-state index is 0.318. The molecule has 1 atom stereocenters. The minimum Gasteiger partial charge on any atom is -0.391 e. The molecule has 0 saturated carbocycles. The van der Waals surface area contributed by atoms with Crippen LogP contribution in [-0.2, 0) is 0 Å². The maximum absolute atomic E-state index is 10.1. The number of anilines is 2. The molecule has 0 spiro atoms. The molecule has 1 aromatic rings. The van der Waals surface area contributed by atoms with Crippen molar-refractivity contribution >= 4 is 11.6 Å². The van der Waals surface area contributed by atoms with Gasteiger partial charge in [0.25, 0.3) is 0 Å². The third-order valence-electron chi connectivity index (χ3n) is 3.37. The number of nitrogens with one attached hydrogen (secondary N) is 1. The van der Waals surface area contributed by atoms with Crippen molar-refractivity contribution in [2.24, 2.45) is 5.92 Å². The Morgan fingerprint density at radius 2 is 1.83 bits per heavy atom. The van der Waals surface area contributed by atoms with Gasteiger partial charge in [0.2, 0.25) is 0 Å². The Balaban J connectivity index is 2.69. The number of hydrogen-bond donors (Lipinski definition) is 3. The number of nitrogen functional groups attached to an aromatic ring is 1. The zero-order valence-electron chi connectivity index (χ0n) is 11.7. The van der Waals surface area contributed by atoms with Crippen molar-refractivity contribution in [3.63, 3.8) is 0 Å². The lowest BCUT2D eigenvalue weighted by atomic mass is 9.96. The Labute approximate surface area is 109 Å². The molecule has 0 aliphatic heterocycles. The Morgan fingerprint density at radius 3 is 2.39 bits per heavy atom. The van der Waals surface area contributed by atoms with Crippen molar-refractivity contribution in [1.82, 2.24) is 9.97 Å². The predicted octanol–water partition coefficient (Wildman–Crippen LogP) is 1.88. The van der Waals surface area contributed by atoms with Crippen LogP contribution in [-0.4, -0.2) is 27.7 Å². The van der Waals surface area contributed by atoms with Gasteiger partial charge in [0, 0.05) is 12.1 Å². The maximum atomic E-state index is 10.1. The van der Waals surface area contributed by atoms with E-state index in [0.717, 1.165) is 18.4 Å². The molecule has 0 amide bonds. The molecule has 1 aromatic heterocycles. The number of aliphatic hydroxyl groups excluding tert-OH is 1. The van der Waals surface area contributed by atoms with E-state index in [-0.39, 0.29) is 6.10 Å². The Hall–Kier alpha value is -1.36. The van der Waals surface area contributed by atoms with Gasteiger partial charge in [-0.25, -0.2) is 9.97 Å². The molecule has 0 aliphatic carbocycles. The summed E-state index contributed by atoms with van der Waals surface area (Å²) in [6.45, 7) is 8.35. The van der Waals surface area contributed by atoms with Crippen molar-refractivity contribution in [2.75, 3.05) is 17.6 Å². The summed E-state index contributed by atoms with van der Waals surface area (Å²) in [5.41, 5.74) is 6.62. The normalized spacial score (nSPS) is 12.8. The quantitative estimate of drug-likeness (QED) is 0.720. The third kappa shape index (κ3) is 3.57. The average Bonchev–Trinajstić information content (AvgIpc) is 2.33. The molecule has 1 rings (SSSR count). The maximum Gasteiger partial charge on any atom is 0.134 e. The molecule has 18 heavy (non-hydrogen) atoms. The largest absolute Gasteiger partial charge is 0.391 e. The lowest BCUT2D eigenvalue weighted by Gasteiger charge is -2.21. The van der Waals surface area contributed by atoms with Gasteiger partial charge in [0.15, 0.2) is 0 Å². The molecule has 4 N–H and O–H groups in total. The highest BCUT2D eigenvalue weighted by molar-refractivity contribution is 5.54. The highest BCUT2D eigenvalue weighted by Gasteiger charge is 2.16. The number of aliphatic hydroxyl groups is 1. The summed E-state index contributed by atoms with van der Waals surface area (Å²) in [6.07, 6.45) is 1.59. The first-order valence-corrected chi connectivity index (χ1v) is 6.52. The monoisotopic (exact) mass is 252 g/mol. The molecule has 0 radical (unpaired) electrons. The van der Waals surface area contributed by atoms with Gasteiger partial charge in [-0.3, -0.25) is 0 Å². The van der Waals surface area contributed by atoms with Crippen molar-refractivity contribution in [3.8, 4) is 0 Å². The number of rotatable bonds is 6. The zero-order valence-corrected chi connectivity index (χ0v) is 11.7. The summed E-state index contributed by atoms with van der Waals surface area (Å²) in [5, 5.41) is 13.2. The van der Waals surface area contributed by atoms with E-state index in [0.29, 0.717) is 29.9 Å². The Bertz CT molecular complexity index is 391. The van der Waals surface area contributed by atoms with Crippen LogP contribution in [0.25, 0.3) is 0 Å². The molecule has 0 aliphatic rings. The van der Waals surface area contributed by atoms with E-state index in [2.05, 4.69) is 29.1 Å². The van der Waals surface area contributed by atoms with Crippen molar-refractivity contribution in [2.45, 2.75) is 46.6 Å². The summed E-state index contributed by atoms with van der Waals surface area (Å²) in [6, 6.07) is 0. The lowest BCUT2D eigenvalue weighted by Crippen LogP contribution is -2.28. The molecule has 5 nitrogen and oxygen atoms in total. The number of nitrogens with two attached hydrogens (primary N) is 1. The second-order valence-electron chi connectivity index (χ2n) is 4.65. The Morgan fingerprint density at radius 1 is 1.22 bits per heavy atom. The summed E-state index contributed by atoms with van der Waals surface area (Å²) in [4.78, 5) is 8.40. The molecule has 0 fully saturated rings. The average molecular weight is 252 g/mol. The SMILES string of the molecule is CCC(CC)C(O)CNc1nc(C)nc(N)c1C. The number of aryl methyl sites for hydroxylation is 1. The Kier molecular flexibility index (Phi) is 5.34. The van der Waals surface area contributed by atoms with Crippen LogP contribution in [0.2, 0.25) is 0 Å². The molecule has 0 saturated heterocycles. The molecule has 0 aromatic carbocycles. The van der Waals surface area contributed by atoms with Crippen LogP contribution in [0.3, 0.4) is 0 Å². The van der Waals surface area contributed by atoms with Gasteiger partial charge in [-0.05, 0) is 19.8 Å². The summed E-state index contributed by atoms with van der Waals surface area (Å²) in [7, 11) is 0. The van der Waals surface area contributed by atoms with Gasteiger partial charge in [0.05, 0.1) is 6.10 Å². The molecule has 0 bridgehead atoms. The molecular formula is C13H24N4O. The first-order valence-electron chi connectivity index (χ1n) is 6.52. The fraction of sp³-hybridized carbons (Fsp3) is 0.692. The fourth-order valence-electron chi connectivity index (χ4n) is 2.02.